The lowest BCUT2D eigenvalue weighted by molar-refractivity contribution is 0.163. The van der Waals surface area contributed by atoms with Crippen molar-refractivity contribution >= 4 is 0 Å². The summed E-state index contributed by atoms with van der Waals surface area (Å²) in [5.74, 6) is 0. The van der Waals surface area contributed by atoms with Crippen LogP contribution < -0.4 is 5.32 Å². The molecule has 0 atom stereocenters. The highest BCUT2D eigenvalue weighted by Gasteiger charge is 2.31. The largest absolute Gasteiger partial charge is 0.314 e. The molecule has 0 aromatic heterocycles. The zero-order chi connectivity index (χ0) is 13.0. The lowest BCUT2D eigenvalue weighted by Crippen LogP contribution is -2.52. The Balaban J connectivity index is 2.05. The van der Waals surface area contributed by atoms with Crippen LogP contribution in [-0.2, 0) is 12.8 Å². The van der Waals surface area contributed by atoms with Gasteiger partial charge in [-0.15, -0.1) is 0 Å². The maximum absolute atomic E-state index is 3.59. The van der Waals surface area contributed by atoms with E-state index in [9.17, 15) is 0 Å². The average Bonchev–Trinajstić information content (AvgIpc) is 2.43. The number of hydrogen-bond donors (Lipinski definition) is 1. The molecule has 0 aliphatic carbocycles. The predicted molar refractivity (Wildman–Crippen MR) is 78.0 cm³/mol. The van der Waals surface area contributed by atoms with Gasteiger partial charge in [-0.25, -0.2) is 0 Å². The maximum Gasteiger partial charge on any atom is 0.0243 e. The molecule has 1 aromatic carbocycles. The number of nitrogens with zero attached hydrogens (tertiary/aromatic N) is 1. The number of hydrogen-bond acceptors (Lipinski definition) is 2. The van der Waals surface area contributed by atoms with Crippen LogP contribution >= 0.6 is 0 Å². The lowest BCUT2D eigenvalue weighted by atomic mass is 9.82. The van der Waals surface area contributed by atoms with Crippen molar-refractivity contribution in [3.63, 3.8) is 0 Å². The van der Waals surface area contributed by atoms with Crippen molar-refractivity contribution in [3.05, 3.63) is 35.4 Å². The molecule has 1 aliphatic heterocycles. The molecule has 1 aromatic rings. The number of aryl methyl sites for hydroxylation is 1. The van der Waals surface area contributed by atoms with E-state index in [0.29, 0.717) is 5.54 Å². The van der Waals surface area contributed by atoms with Gasteiger partial charge < -0.3 is 10.2 Å². The SMILES string of the molecule is CCc1ccc(CC2(NC)CCN(C)CC2)cc1. The van der Waals surface area contributed by atoms with E-state index >= 15 is 0 Å². The van der Waals surface area contributed by atoms with Crippen LogP contribution in [0.5, 0.6) is 0 Å². The standard InChI is InChI=1S/C16H26N2/c1-4-14-5-7-15(8-6-14)13-16(17-2)9-11-18(3)12-10-16/h5-8,17H,4,9-13H2,1-3H3. The van der Waals surface area contributed by atoms with Gasteiger partial charge in [0.15, 0.2) is 0 Å². The van der Waals surface area contributed by atoms with Gasteiger partial charge in [-0.1, -0.05) is 31.2 Å². The first-order valence-corrected chi connectivity index (χ1v) is 7.13. The topological polar surface area (TPSA) is 15.3 Å². The zero-order valence-corrected chi connectivity index (χ0v) is 12.0. The van der Waals surface area contributed by atoms with Gasteiger partial charge in [0.1, 0.15) is 0 Å². The van der Waals surface area contributed by atoms with Crippen molar-refractivity contribution in [2.45, 2.75) is 38.1 Å². The van der Waals surface area contributed by atoms with E-state index in [1.54, 1.807) is 0 Å². The van der Waals surface area contributed by atoms with Gasteiger partial charge in [0.2, 0.25) is 0 Å². The van der Waals surface area contributed by atoms with E-state index in [2.05, 4.69) is 55.5 Å². The van der Waals surface area contributed by atoms with Gasteiger partial charge in [0.05, 0.1) is 0 Å². The third kappa shape index (κ3) is 3.12. The highest BCUT2D eigenvalue weighted by Crippen LogP contribution is 2.25. The Kier molecular flexibility index (Phi) is 4.41. The maximum atomic E-state index is 3.59. The Hall–Kier alpha value is -0.860. The monoisotopic (exact) mass is 246 g/mol. The summed E-state index contributed by atoms with van der Waals surface area (Å²) in [6, 6.07) is 9.15. The summed E-state index contributed by atoms with van der Waals surface area (Å²) in [5.41, 5.74) is 3.20. The van der Waals surface area contributed by atoms with Crippen molar-refractivity contribution in [1.29, 1.82) is 0 Å². The van der Waals surface area contributed by atoms with Crippen molar-refractivity contribution < 1.29 is 0 Å². The molecule has 2 rings (SSSR count). The third-order valence-corrected chi connectivity index (χ3v) is 4.45. The Bertz CT molecular complexity index is 361. The van der Waals surface area contributed by atoms with Crippen molar-refractivity contribution in [1.82, 2.24) is 10.2 Å². The number of rotatable bonds is 4. The first kappa shape index (κ1) is 13.6. The molecule has 1 fully saturated rings. The predicted octanol–water partition coefficient (Wildman–Crippen LogP) is 2.48. The quantitative estimate of drug-likeness (QED) is 0.878. The van der Waals surface area contributed by atoms with Crippen LogP contribution in [0.4, 0.5) is 0 Å². The van der Waals surface area contributed by atoms with E-state index in [1.165, 1.54) is 37.1 Å². The molecule has 0 saturated carbocycles. The van der Waals surface area contributed by atoms with Gasteiger partial charge in [-0.3, -0.25) is 0 Å². The molecule has 0 unspecified atom stereocenters. The molecule has 1 aliphatic rings. The fraction of sp³-hybridized carbons (Fsp3) is 0.625. The van der Waals surface area contributed by atoms with E-state index in [0.717, 1.165) is 12.8 Å². The fourth-order valence-electron chi connectivity index (χ4n) is 2.85. The second-order valence-corrected chi connectivity index (χ2v) is 5.68. The molecular weight excluding hydrogens is 220 g/mol. The van der Waals surface area contributed by atoms with Crippen molar-refractivity contribution in [2.24, 2.45) is 0 Å². The zero-order valence-electron chi connectivity index (χ0n) is 12.0. The summed E-state index contributed by atoms with van der Waals surface area (Å²) in [6.45, 7) is 4.61. The minimum Gasteiger partial charge on any atom is -0.314 e. The van der Waals surface area contributed by atoms with E-state index in [1.807, 2.05) is 0 Å². The summed E-state index contributed by atoms with van der Waals surface area (Å²) in [4.78, 5) is 2.43. The number of likely N-dealkylation sites (N-methyl/N-ethyl adjacent to an activating group) is 1. The van der Waals surface area contributed by atoms with Gasteiger partial charge in [0.25, 0.3) is 0 Å². The third-order valence-electron chi connectivity index (χ3n) is 4.45. The molecule has 0 bridgehead atoms. The normalized spacial score (nSPS) is 19.9. The molecule has 2 nitrogen and oxygen atoms in total. The van der Waals surface area contributed by atoms with Gasteiger partial charge in [0, 0.05) is 5.54 Å². The fourth-order valence-corrected chi connectivity index (χ4v) is 2.85. The number of likely N-dealkylation sites (tertiary alicyclic amines) is 1. The molecule has 0 spiro atoms. The van der Waals surface area contributed by atoms with Crippen LogP contribution in [0.3, 0.4) is 0 Å². The first-order chi connectivity index (χ1) is 8.67. The number of piperidine rings is 1. The van der Waals surface area contributed by atoms with Crippen LogP contribution in [0.1, 0.15) is 30.9 Å². The molecule has 1 N–H and O–H groups in total. The van der Waals surface area contributed by atoms with Crippen LogP contribution in [0.25, 0.3) is 0 Å². The Morgan fingerprint density at radius 3 is 2.17 bits per heavy atom. The Morgan fingerprint density at radius 2 is 1.67 bits per heavy atom. The van der Waals surface area contributed by atoms with Crippen LogP contribution in [-0.4, -0.2) is 37.6 Å². The molecule has 2 heteroatoms. The molecule has 1 heterocycles. The summed E-state index contributed by atoms with van der Waals surface area (Å²) in [6.07, 6.45) is 4.77. The molecular formula is C16H26N2. The smallest absolute Gasteiger partial charge is 0.0243 e. The Morgan fingerprint density at radius 1 is 1.11 bits per heavy atom. The Labute approximate surface area is 111 Å². The van der Waals surface area contributed by atoms with Gasteiger partial charge in [-0.05, 0) is 64.0 Å². The summed E-state index contributed by atoms with van der Waals surface area (Å²) in [5, 5.41) is 3.59. The van der Waals surface area contributed by atoms with E-state index in [4.69, 9.17) is 0 Å². The molecule has 0 radical (unpaired) electrons. The van der Waals surface area contributed by atoms with Crippen LogP contribution in [0, 0.1) is 0 Å². The first-order valence-electron chi connectivity index (χ1n) is 7.13. The highest BCUT2D eigenvalue weighted by atomic mass is 15.1. The summed E-state index contributed by atoms with van der Waals surface area (Å²) in [7, 11) is 4.33. The molecule has 1 saturated heterocycles. The van der Waals surface area contributed by atoms with E-state index < -0.39 is 0 Å². The van der Waals surface area contributed by atoms with Gasteiger partial charge in [-0.2, -0.15) is 0 Å². The summed E-state index contributed by atoms with van der Waals surface area (Å²) < 4.78 is 0. The second-order valence-electron chi connectivity index (χ2n) is 5.68. The lowest BCUT2D eigenvalue weighted by Gasteiger charge is -2.41. The number of benzene rings is 1. The van der Waals surface area contributed by atoms with E-state index in [-0.39, 0.29) is 0 Å². The molecule has 100 valence electrons. The minimum atomic E-state index is 0.306. The van der Waals surface area contributed by atoms with Gasteiger partial charge >= 0.3 is 0 Å². The number of nitrogens with one attached hydrogen (secondary N) is 1. The summed E-state index contributed by atoms with van der Waals surface area (Å²) >= 11 is 0. The van der Waals surface area contributed by atoms with Crippen LogP contribution in [0.2, 0.25) is 0 Å². The van der Waals surface area contributed by atoms with Crippen molar-refractivity contribution in [3.8, 4) is 0 Å². The molecule has 18 heavy (non-hydrogen) atoms. The minimum absolute atomic E-state index is 0.306. The second kappa shape index (κ2) is 5.85. The highest BCUT2D eigenvalue weighted by molar-refractivity contribution is 5.24. The average molecular weight is 246 g/mol. The molecule has 0 amide bonds. The van der Waals surface area contributed by atoms with Crippen molar-refractivity contribution in [2.75, 3.05) is 27.2 Å². The van der Waals surface area contributed by atoms with Crippen LogP contribution in [0.15, 0.2) is 24.3 Å².